The van der Waals surface area contributed by atoms with Crippen molar-refractivity contribution in [1.29, 1.82) is 0 Å². The molecule has 158 valence electrons. The molecule has 1 amide bonds. The number of amides is 1. The number of rotatable bonds is 8. The lowest BCUT2D eigenvalue weighted by atomic mass is 10.0. The Labute approximate surface area is 172 Å². The molecule has 0 spiro atoms. The highest BCUT2D eigenvalue weighted by molar-refractivity contribution is 6.00. The third kappa shape index (κ3) is 4.65. The second-order valence-electron chi connectivity index (χ2n) is 7.96. The Morgan fingerprint density at radius 3 is 2.80 bits per heavy atom. The summed E-state index contributed by atoms with van der Waals surface area (Å²) in [5, 5.41) is 26.3. The predicted octanol–water partition coefficient (Wildman–Crippen LogP) is 2.77. The first-order valence-electron chi connectivity index (χ1n) is 9.70. The Hall–Kier alpha value is -3.27. The molecule has 1 unspecified atom stereocenters. The number of alkyl halides is 1. The van der Waals surface area contributed by atoms with Gasteiger partial charge in [-0.2, -0.15) is 0 Å². The van der Waals surface area contributed by atoms with Gasteiger partial charge in [0, 0.05) is 24.0 Å². The van der Waals surface area contributed by atoms with Crippen molar-refractivity contribution < 1.29 is 18.9 Å². The van der Waals surface area contributed by atoms with Crippen molar-refractivity contribution in [1.82, 2.24) is 20.6 Å². The van der Waals surface area contributed by atoms with Crippen molar-refractivity contribution in [3.8, 4) is 0 Å². The number of nitrogens with one attached hydrogen (secondary N) is 3. The lowest BCUT2D eigenvalue weighted by Crippen LogP contribution is -2.42. The van der Waals surface area contributed by atoms with Gasteiger partial charge in [-0.15, -0.1) is 0 Å². The van der Waals surface area contributed by atoms with E-state index in [-0.39, 0.29) is 6.54 Å². The Kier molecular flexibility index (Phi) is 5.25. The molecule has 1 fully saturated rings. The van der Waals surface area contributed by atoms with E-state index < -0.39 is 17.7 Å². The molecule has 30 heavy (non-hydrogen) atoms. The lowest BCUT2D eigenvalue weighted by Gasteiger charge is -2.22. The van der Waals surface area contributed by atoms with E-state index in [1.54, 1.807) is 18.2 Å². The summed E-state index contributed by atoms with van der Waals surface area (Å²) in [7, 11) is 0. The minimum absolute atomic E-state index is 0.295. The van der Waals surface area contributed by atoms with Crippen LogP contribution in [0.15, 0.2) is 35.1 Å². The van der Waals surface area contributed by atoms with Gasteiger partial charge in [0.05, 0.1) is 23.4 Å². The van der Waals surface area contributed by atoms with Crippen LogP contribution in [0.3, 0.4) is 0 Å². The number of pyridine rings is 1. The summed E-state index contributed by atoms with van der Waals surface area (Å²) in [4.78, 5) is 16.9. The van der Waals surface area contributed by atoms with Crippen LogP contribution >= 0.6 is 0 Å². The molecule has 4 N–H and O–H groups in total. The van der Waals surface area contributed by atoms with Crippen LogP contribution in [0.5, 0.6) is 0 Å². The van der Waals surface area contributed by atoms with Gasteiger partial charge in [-0.25, -0.2) is 14.0 Å². The third-order valence-electron chi connectivity index (χ3n) is 4.82. The maximum atomic E-state index is 14.0. The summed E-state index contributed by atoms with van der Waals surface area (Å²) < 4.78 is 18.7. The average Bonchev–Trinajstić information content (AvgIpc) is 3.38. The van der Waals surface area contributed by atoms with Crippen molar-refractivity contribution in [2.75, 3.05) is 17.2 Å². The third-order valence-corrected chi connectivity index (χ3v) is 4.82. The first kappa shape index (κ1) is 20.0. The molecule has 0 saturated heterocycles. The monoisotopic (exact) mass is 414 g/mol. The van der Waals surface area contributed by atoms with E-state index in [1.165, 1.54) is 20.0 Å². The number of carbonyl (C=O) groups excluding carboxylic acids is 1. The van der Waals surface area contributed by atoms with E-state index in [2.05, 4.69) is 31.2 Å². The number of nitrogens with zero attached hydrogens (tertiary/aromatic N) is 3. The molecule has 9 nitrogen and oxygen atoms in total. The predicted molar refractivity (Wildman–Crippen MR) is 109 cm³/mol. The van der Waals surface area contributed by atoms with Crippen LogP contribution in [0, 0.1) is 0 Å². The SMILES string of the molecule is CC(C)(O)C(F)CNC(=O)c1cnc(Nc2ccc3nonc3c2)cc1NC1CC1. The molecule has 0 bridgehead atoms. The van der Waals surface area contributed by atoms with Gasteiger partial charge >= 0.3 is 0 Å². The molecular weight excluding hydrogens is 391 g/mol. The molecular formula is C20H23FN6O3. The first-order valence-corrected chi connectivity index (χ1v) is 9.70. The Morgan fingerprint density at radius 1 is 1.30 bits per heavy atom. The Bertz CT molecular complexity index is 1060. The first-order chi connectivity index (χ1) is 14.3. The van der Waals surface area contributed by atoms with Crippen LogP contribution in [0.4, 0.5) is 21.6 Å². The average molecular weight is 414 g/mol. The zero-order valence-electron chi connectivity index (χ0n) is 16.6. The zero-order valence-corrected chi connectivity index (χ0v) is 16.6. The number of fused-ring (bicyclic) bond motifs is 1. The van der Waals surface area contributed by atoms with Crippen molar-refractivity contribution in [3.05, 3.63) is 36.0 Å². The number of hydrogen-bond acceptors (Lipinski definition) is 8. The standard InChI is InChI=1S/C20H23FN6O3/c1-20(2,29)17(21)10-23-19(28)13-9-22-18(8-15(13)24-11-3-4-11)25-12-5-6-14-16(7-12)27-30-26-14/h5-9,11,17,29H,3-4,10H2,1-2H3,(H,23,28)(H2,22,24,25). The molecule has 1 aromatic carbocycles. The number of benzene rings is 1. The number of carbonyl (C=O) groups is 1. The van der Waals surface area contributed by atoms with Gasteiger partial charge in [0.15, 0.2) is 0 Å². The number of anilines is 3. The van der Waals surface area contributed by atoms with Crippen LogP contribution in [0.25, 0.3) is 11.0 Å². The number of hydrogen-bond donors (Lipinski definition) is 4. The quantitative estimate of drug-likeness (QED) is 0.443. The van der Waals surface area contributed by atoms with Gasteiger partial charge in [0.25, 0.3) is 5.91 Å². The van der Waals surface area contributed by atoms with E-state index in [9.17, 15) is 14.3 Å². The summed E-state index contributed by atoms with van der Waals surface area (Å²) in [6.45, 7) is 2.42. The maximum Gasteiger partial charge on any atom is 0.255 e. The highest BCUT2D eigenvalue weighted by Crippen LogP contribution is 2.29. The van der Waals surface area contributed by atoms with Gasteiger partial charge in [0.1, 0.15) is 23.0 Å². The molecule has 1 atom stereocenters. The number of aliphatic hydroxyl groups is 1. The molecule has 3 aromatic rings. The molecule has 10 heteroatoms. The molecule has 2 aromatic heterocycles. The summed E-state index contributed by atoms with van der Waals surface area (Å²) in [5.41, 5.74) is 1.39. The molecule has 2 heterocycles. The highest BCUT2D eigenvalue weighted by atomic mass is 19.1. The number of aromatic nitrogens is 3. The van der Waals surface area contributed by atoms with E-state index in [0.717, 1.165) is 18.5 Å². The van der Waals surface area contributed by atoms with Crippen molar-refractivity contribution in [2.24, 2.45) is 0 Å². The molecule has 1 saturated carbocycles. The van der Waals surface area contributed by atoms with Crippen LogP contribution in [-0.2, 0) is 0 Å². The smallest absolute Gasteiger partial charge is 0.255 e. The molecule has 0 aliphatic heterocycles. The normalized spacial score (nSPS) is 15.1. The fourth-order valence-corrected chi connectivity index (χ4v) is 2.81. The van der Waals surface area contributed by atoms with Crippen molar-refractivity contribution in [3.63, 3.8) is 0 Å². The van der Waals surface area contributed by atoms with E-state index in [4.69, 9.17) is 4.63 Å². The topological polar surface area (TPSA) is 125 Å². The summed E-state index contributed by atoms with van der Waals surface area (Å²) >= 11 is 0. The molecule has 4 rings (SSSR count). The van der Waals surface area contributed by atoms with Gasteiger partial charge in [-0.1, -0.05) is 0 Å². The van der Waals surface area contributed by atoms with E-state index in [0.29, 0.717) is 34.1 Å². The second-order valence-corrected chi connectivity index (χ2v) is 7.96. The molecule has 1 aliphatic carbocycles. The van der Waals surface area contributed by atoms with E-state index >= 15 is 0 Å². The van der Waals surface area contributed by atoms with Crippen molar-refractivity contribution in [2.45, 2.75) is 44.5 Å². The Balaban J connectivity index is 1.51. The van der Waals surface area contributed by atoms with Crippen LogP contribution in [0.2, 0.25) is 0 Å². The van der Waals surface area contributed by atoms with Crippen LogP contribution in [-0.4, -0.2) is 50.7 Å². The van der Waals surface area contributed by atoms with Gasteiger partial charge in [0.2, 0.25) is 0 Å². The second kappa shape index (κ2) is 7.86. The fourth-order valence-electron chi connectivity index (χ4n) is 2.81. The summed E-state index contributed by atoms with van der Waals surface area (Å²) in [5.74, 6) is 0.0737. The van der Waals surface area contributed by atoms with Crippen LogP contribution in [0.1, 0.15) is 37.0 Å². The molecule has 0 radical (unpaired) electrons. The van der Waals surface area contributed by atoms with E-state index in [1.807, 2.05) is 6.07 Å². The van der Waals surface area contributed by atoms with Gasteiger partial charge in [-0.3, -0.25) is 4.79 Å². The fraction of sp³-hybridized carbons (Fsp3) is 0.400. The maximum absolute atomic E-state index is 14.0. The minimum Gasteiger partial charge on any atom is -0.387 e. The molecule has 1 aliphatic rings. The number of halogens is 1. The largest absolute Gasteiger partial charge is 0.387 e. The summed E-state index contributed by atoms with van der Waals surface area (Å²) in [6.07, 6.45) is 1.90. The van der Waals surface area contributed by atoms with Crippen molar-refractivity contribution >= 4 is 34.1 Å². The van der Waals surface area contributed by atoms with Crippen LogP contribution < -0.4 is 16.0 Å². The van der Waals surface area contributed by atoms with Gasteiger partial charge in [-0.05, 0) is 55.2 Å². The highest BCUT2D eigenvalue weighted by Gasteiger charge is 2.28. The Morgan fingerprint density at radius 2 is 2.07 bits per heavy atom. The minimum atomic E-state index is -1.59. The summed E-state index contributed by atoms with van der Waals surface area (Å²) in [6, 6.07) is 7.41. The lowest BCUT2D eigenvalue weighted by molar-refractivity contribution is -0.00177. The zero-order chi connectivity index (χ0) is 21.3. The van der Waals surface area contributed by atoms with Gasteiger partial charge < -0.3 is 21.1 Å².